The van der Waals surface area contributed by atoms with Crippen LogP contribution in [0.5, 0.6) is 0 Å². The minimum atomic E-state index is -3.81. The van der Waals surface area contributed by atoms with Crippen molar-refractivity contribution in [1.29, 1.82) is 0 Å². The van der Waals surface area contributed by atoms with Crippen molar-refractivity contribution in [3.8, 4) is 0 Å². The fraction of sp³-hybridized carbons (Fsp3) is 0.130. The van der Waals surface area contributed by atoms with E-state index >= 15 is 0 Å². The van der Waals surface area contributed by atoms with Crippen LogP contribution in [0.1, 0.15) is 21.5 Å². The Hall–Kier alpha value is -3.69. The highest BCUT2D eigenvalue weighted by Gasteiger charge is 2.26. The number of benzene rings is 3. The van der Waals surface area contributed by atoms with Gasteiger partial charge in [-0.05, 0) is 47.9 Å². The molecule has 4 aromatic rings. The molecule has 0 bridgehead atoms. The molecule has 0 atom stereocenters. The van der Waals surface area contributed by atoms with Crippen LogP contribution in [0.15, 0.2) is 80.8 Å². The molecule has 32 heavy (non-hydrogen) atoms. The van der Waals surface area contributed by atoms with Crippen molar-refractivity contribution in [3.05, 3.63) is 94.0 Å². The lowest BCUT2D eigenvalue weighted by atomic mass is 10.1. The second kappa shape index (κ2) is 7.77. The van der Waals surface area contributed by atoms with E-state index in [4.69, 9.17) is 4.42 Å². The standard InChI is InChI=1S/C23H19N3O5S/c27-22(16-4-2-1-3-5-16)26-11-10-17-12-15(6-9-20(17)26)14-24-32(29,30)18-7-8-19-21(13-18)31-23(28)25-19/h1-9,12-13,24H,10-11,14H2,(H,25,28). The number of nitrogens with zero attached hydrogens (tertiary/aromatic N) is 1. The normalized spacial score (nSPS) is 13.4. The van der Waals surface area contributed by atoms with Gasteiger partial charge in [-0.3, -0.25) is 9.78 Å². The number of fused-ring (bicyclic) bond motifs is 2. The number of aromatic amines is 1. The van der Waals surface area contributed by atoms with Gasteiger partial charge in [0.2, 0.25) is 10.0 Å². The lowest BCUT2D eigenvalue weighted by Crippen LogP contribution is -2.28. The van der Waals surface area contributed by atoms with Crippen LogP contribution in [-0.4, -0.2) is 25.9 Å². The summed E-state index contributed by atoms with van der Waals surface area (Å²) in [4.78, 5) is 28.3. The predicted octanol–water partition coefficient (Wildman–Crippen LogP) is 2.80. The highest BCUT2D eigenvalue weighted by Crippen LogP contribution is 2.30. The summed E-state index contributed by atoms with van der Waals surface area (Å²) in [5, 5.41) is 0. The van der Waals surface area contributed by atoms with Crippen molar-refractivity contribution in [2.75, 3.05) is 11.4 Å². The van der Waals surface area contributed by atoms with Crippen molar-refractivity contribution in [2.24, 2.45) is 0 Å². The number of hydrogen-bond donors (Lipinski definition) is 2. The van der Waals surface area contributed by atoms with Crippen LogP contribution in [0.25, 0.3) is 11.1 Å². The average Bonchev–Trinajstić information content (AvgIpc) is 3.39. The zero-order valence-electron chi connectivity index (χ0n) is 16.9. The van der Waals surface area contributed by atoms with Gasteiger partial charge in [0.15, 0.2) is 5.58 Å². The molecular weight excluding hydrogens is 430 g/mol. The first-order chi connectivity index (χ1) is 15.4. The Kier molecular flexibility index (Phi) is 4.91. The molecule has 0 unspecified atom stereocenters. The summed E-state index contributed by atoms with van der Waals surface area (Å²) in [6.45, 7) is 0.678. The van der Waals surface area contributed by atoms with Gasteiger partial charge in [-0.1, -0.05) is 30.3 Å². The number of rotatable bonds is 5. The summed E-state index contributed by atoms with van der Waals surface area (Å²) in [6, 6.07) is 18.9. The lowest BCUT2D eigenvalue weighted by Gasteiger charge is -2.17. The molecule has 0 saturated carbocycles. The van der Waals surface area contributed by atoms with Crippen molar-refractivity contribution >= 4 is 32.7 Å². The fourth-order valence-electron chi connectivity index (χ4n) is 3.87. The lowest BCUT2D eigenvalue weighted by molar-refractivity contribution is 0.0989. The quantitative estimate of drug-likeness (QED) is 0.487. The maximum Gasteiger partial charge on any atom is 0.417 e. The molecule has 9 heteroatoms. The molecule has 0 saturated heterocycles. The number of hydrogen-bond acceptors (Lipinski definition) is 5. The molecule has 8 nitrogen and oxygen atoms in total. The van der Waals surface area contributed by atoms with Gasteiger partial charge in [-0.15, -0.1) is 0 Å². The number of carbonyl (C=O) groups excluding carboxylic acids is 1. The van der Waals surface area contributed by atoms with Crippen molar-refractivity contribution < 1.29 is 17.6 Å². The van der Waals surface area contributed by atoms with Crippen LogP contribution in [0, 0.1) is 0 Å². The summed E-state index contributed by atoms with van der Waals surface area (Å²) < 4.78 is 32.9. The van der Waals surface area contributed by atoms with Gasteiger partial charge < -0.3 is 9.32 Å². The molecule has 5 rings (SSSR count). The van der Waals surface area contributed by atoms with Crippen molar-refractivity contribution in [1.82, 2.24) is 9.71 Å². The van der Waals surface area contributed by atoms with Crippen LogP contribution in [0.3, 0.4) is 0 Å². The third kappa shape index (κ3) is 3.72. The Morgan fingerprint density at radius 3 is 2.69 bits per heavy atom. The van der Waals surface area contributed by atoms with E-state index in [-0.39, 0.29) is 22.9 Å². The van der Waals surface area contributed by atoms with E-state index < -0.39 is 15.8 Å². The van der Waals surface area contributed by atoms with E-state index in [0.29, 0.717) is 24.0 Å². The van der Waals surface area contributed by atoms with Gasteiger partial charge in [-0.25, -0.2) is 17.9 Å². The fourth-order valence-corrected chi connectivity index (χ4v) is 4.90. The van der Waals surface area contributed by atoms with Gasteiger partial charge >= 0.3 is 5.76 Å². The first kappa shape index (κ1) is 20.2. The molecule has 2 heterocycles. The third-order valence-electron chi connectivity index (χ3n) is 5.47. The Morgan fingerprint density at radius 2 is 1.88 bits per heavy atom. The molecule has 1 aliphatic heterocycles. The SMILES string of the molecule is O=C(c1ccccc1)N1CCc2cc(CNS(=O)(=O)c3ccc4[nH]c(=O)oc4c3)ccc21. The summed E-state index contributed by atoms with van der Waals surface area (Å²) in [7, 11) is -3.81. The molecule has 1 aromatic heterocycles. The summed E-state index contributed by atoms with van der Waals surface area (Å²) in [5.41, 5.74) is 3.88. The minimum Gasteiger partial charge on any atom is -0.408 e. The van der Waals surface area contributed by atoms with E-state index in [1.54, 1.807) is 17.0 Å². The van der Waals surface area contributed by atoms with Gasteiger partial charge in [-0.2, -0.15) is 0 Å². The largest absolute Gasteiger partial charge is 0.417 e. The number of H-pyrrole nitrogens is 1. The van der Waals surface area contributed by atoms with Gasteiger partial charge in [0.1, 0.15) is 0 Å². The zero-order valence-corrected chi connectivity index (χ0v) is 17.7. The van der Waals surface area contributed by atoms with Gasteiger partial charge in [0, 0.05) is 30.4 Å². The molecule has 0 aliphatic carbocycles. The average molecular weight is 449 g/mol. The minimum absolute atomic E-state index is 0.00791. The van der Waals surface area contributed by atoms with Crippen LogP contribution in [-0.2, 0) is 23.0 Å². The van der Waals surface area contributed by atoms with Crippen LogP contribution in [0.2, 0.25) is 0 Å². The Bertz CT molecular complexity index is 1490. The summed E-state index contributed by atoms with van der Waals surface area (Å²) in [5.74, 6) is -0.690. The predicted molar refractivity (Wildman–Crippen MR) is 119 cm³/mol. The molecular formula is C23H19N3O5S. The molecule has 0 spiro atoms. The smallest absolute Gasteiger partial charge is 0.408 e. The van der Waals surface area contributed by atoms with Crippen LogP contribution < -0.4 is 15.4 Å². The Labute approximate surface area is 183 Å². The van der Waals surface area contributed by atoms with E-state index in [1.165, 1.54) is 18.2 Å². The number of nitrogens with one attached hydrogen (secondary N) is 2. The van der Waals surface area contributed by atoms with Crippen molar-refractivity contribution in [3.63, 3.8) is 0 Å². The Morgan fingerprint density at radius 1 is 1.06 bits per heavy atom. The molecule has 162 valence electrons. The van der Waals surface area contributed by atoms with Crippen LogP contribution in [0.4, 0.5) is 5.69 Å². The van der Waals surface area contributed by atoms with Gasteiger partial charge in [0.25, 0.3) is 5.91 Å². The van der Waals surface area contributed by atoms with E-state index in [1.807, 2.05) is 36.4 Å². The maximum absolute atomic E-state index is 12.8. The highest BCUT2D eigenvalue weighted by molar-refractivity contribution is 7.89. The van der Waals surface area contributed by atoms with Gasteiger partial charge in [0.05, 0.1) is 10.4 Å². The molecule has 3 aromatic carbocycles. The van der Waals surface area contributed by atoms with E-state index in [2.05, 4.69) is 9.71 Å². The molecule has 0 fully saturated rings. The number of aromatic nitrogens is 1. The second-order valence-electron chi connectivity index (χ2n) is 7.53. The zero-order chi connectivity index (χ0) is 22.3. The third-order valence-corrected chi connectivity index (χ3v) is 6.87. The molecule has 1 aliphatic rings. The molecule has 1 amide bonds. The number of anilines is 1. The van der Waals surface area contributed by atoms with E-state index in [0.717, 1.165) is 16.8 Å². The summed E-state index contributed by atoms with van der Waals surface area (Å²) >= 11 is 0. The monoisotopic (exact) mass is 449 g/mol. The number of amides is 1. The first-order valence-corrected chi connectivity index (χ1v) is 11.5. The number of carbonyl (C=O) groups is 1. The summed E-state index contributed by atoms with van der Waals surface area (Å²) in [6.07, 6.45) is 0.706. The highest BCUT2D eigenvalue weighted by atomic mass is 32.2. The number of sulfonamides is 1. The number of oxazole rings is 1. The Balaban J connectivity index is 1.32. The molecule has 0 radical (unpaired) electrons. The van der Waals surface area contributed by atoms with Crippen LogP contribution >= 0.6 is 0 Å². The van der Waals surface area contributed by atoms with E-state index in [9.17, 15) is 18.0 Å². The second-order valence-corrected chi connectivity index (χ2v) is 9.30. The topological polar surface area (TPSA) is 112 Å². The maximum atomic E-state index is 12.8. The first-order valence-electron chi connectivity index (χ1n) is 10.0. The molecule has 2 N–H and O–H groups in total. The van der Waals surface area contributed by atoms with Crippen molar-refractivity contribution in [2.45, 2.75) is 17.9 Å².